The SMILES string of the molecule is COC(=O)C1CCN(S(=O)(=O)NC(=O)OCC(=O)ON2C(=O)CCC2=O)CC1. The summed E-state index contributed by atoms with van der Waals surface area (Å²) in [6, 6.07) is 0. The molecule has 0 aliphatic carbocycles. The van der Waals surface area contributed by atoms with Crippen LogP contribution in [0.2, 0.25) is 0 Å². The first kappa shape index (κ1) is 21.6. The highest BCUT2D eigenvalue weighted by molar-refractivity contribution is 7.87. The van der Waals surface area contributed by atoms with Gasteiger partial charge in [0.15, 0.2) is 6.61 Å². The Labute approximate surface area is 160 Å². The van der Waals surface area contributed by atoms with Crippen LogP contribution in [0.5, 0.6) is 0 Å². The monoisotopic (exact) mass is 421 g/mol. The van der Waals surface area contributed by atoms with Crippen LogP contribution >= 0.6 is 0 Å². The number of amides is 3. The van der Waals surface area contributed by atoms with Crippen LogP contribution in [0.25, 0.3) is 0 Å². The Morgan fingerprint density at radius 2 is 1.68 bits per heavy atom. The standard InChI is InChI=1S/C14H19N3O10S/c1-25-13(21)9-4-6-16(7-5-9)28(23,24)15-14(22)26-8-12(20)27-17-10(18)2-3-11(17)19/h9H,2-8H2,1H3,(H,15,22). The number of carbonyl (C=O) groups is 5. The molecule has 3 amide bonds. The highest BCUT2D eigenvalue weighted by Crippen LogP contribution is 2.20. The number of hydrogen-bond donors (Lipinski definition) is 1. The first-order valence-corrected chi connectivity index (χ1v) is 9.67. The van der Waals surface area contributed by atoms with Gasteiger partial charge in [0.05, 0.1) is 13.0 Å². The van der Waals surface area contributed by atoms with Crippen molar-refractivity contribution in [3.63, 3.8) is 0 Å². The molecule has 1 N–H and O–H groups in total. The van der Waals surface area contributed by atoms with E-state index in [1.165, 1.54) is 7.11 Å². The van der Waals surface area contributed by atoms with Gasteiger partial charge >= 0.3 is 28.2 Å². The average Bonchev–Trinajstić information content (AvgIpc) is 2.97. The predicted molar refractivity (Wildman–Crippen MR) is 86.9 cm³/mol. The molecule has 2 saturated heterocycles. The summed E-state index contributed by atoms with van der Waals surface area (Å²) < 4.78 is 35.9. The Morgan fingerprint density at radius 1 is 1.11 bits per heavy atom. The zero-order chi connectivity index (χ0) is 20.9. The molecule has 2 aliphatic rings. The lowest BCUT2D eigenvalue weighted by molar-refractivity contribution is -0.199. The van der Waals surface area contributed by atoms with E-state index in [1.807, 2.05) is 0 Å². The minimum Gasteiger partial charge on any atom is -0.469 e. The van der Waals surface area contributed by atoms with E-state index in [1.54, 1.807) is 4.72 Å². The molecule has 2 aliphatic heterocycles. The molecule has 0 saturated carbocycles. The molecule has 0 atom stereocenters. The van der Waals surface area contributed by atoms with Gasteiger partial charge in [-0.05, 0) is 12.8 Å². The summed E-state index contributed by atoms with van der Waals surface area (Å²) in [5, 5.41) is 0.270. The van der Waals surface area contributed by atoms with Crippen molar-refractivity contribution in [2.75, 3.05) is 26.8 Å². The largest absolute Gasteiger partial charge is 0.469 e. The van der Waals surface area contributed by atoms with Crippen LogP contribution in [0, 0.1) is 5.92 Å². The van der Waals surface area contributed by atoms with Crippen LogP contribution in [0.4, 0.5) is 4.79 Å². The molecule has 2 rings (SSSR count). The van der Waals surface area contributed by atoms with Crippen molar-refractivity contribution in [2.24, 2.45) is 5.92 Å². The van der Waals surface area contributed by atoms with E-state index in [2.05, 4.69) is 14.3 Å². The predicted octanol–water partition coefficient (Wildman–Crippen LogP) is -1.55. The number of rotatable bonds is 6. The number of ether oxygens (including phenoxy) is 2. The maximum absolute atomic E-state index is 12.1. The molecule has 156 valence electrons. The zero-order valence-electron chi connectivity index (χ0n) is 14.9. The summed E-state index contributed by atoms with van der Waals surface area (Å²) in [5.74, 6) is -3.50. The third-order valence-electron chi connectivity index (χ3n) is 4.06. The van der Waals surface area contributed by atoms with Crippen LogP contribution < -0.4 is 4.72 Å². The third kappa shape index (κ3) is 5.39. The Balaban J connectivity index is 1.77. The number of methoxy groups -OCH3 is 1. The van der Waals surface area contributed by atoms with Gasteiger partial charge in [-0.15, -0.1) is 5.06 Å². The van der Waals surface area contributed by atoms with Crippen molar-refractivity contribution in [2.45, 2.75) is 25.7 Å². The Kier molecular flexibility index (Phi) is 6.90. The van der Waals surface area contributed by atoms with Crippen molar-refractivity contribution >= 4 is 40.1 Å². The van der Waals surface area contributed by atoms with Gasteiger partial charge in [-0.2, -0.15) is 12.7 Å². The first-order valence-electron chi connectivity index (χ1n) is 8.23. The second kappa shape index (κ2) is 8.97. The number of esters is 1. The molecular weight excluding hydrogens is 402 g/mol. The van der Waals surface area contributed by atoms with Gasteiger partial charge in [-0.1, -0.05) is 0 Å². The van der Waals surface area contributed by atoms with E-state index in [4.69, 9.17) is 0 Å². The smallest absolute Gasteiger partial charge is 0.422 e. The normalized spacial score (nSPS) is 18.7. The number of imide groups is 1. The van der Waals surface area contributed by atoms with E-state index >= 15 is 0 Å². The summed E-state index contributed by atoms with van der Waals surface area (Å²) >= 11 is 0. The lowest BCUT2D eigenvalue weighted by atomic mass is 9.99. The van der Waals surface area contributed by atoms with Gasteiger partial charge in [-0.3, -0.25) is 14.4 Å². The fraction of sp³-hybridized carbons (Fsp3) is 0.643. The summed E-state index contributed by atoms with van der Waals surface area (Å²) in [6.45, 7) is -1.03. The quantitative estimate of drug-likeness (QED) is 0.392. The molecule has 0 unspecified atom stereocenters. The fourth-order valence-electron chi connectivity index (χ4n) is 2.61. The number of piperidine rings is 1. The van der Waals surface area contributed by atoms with Gasteiger partial charge in [0.1, 0.15) is 0 Å². The first-order chi connectivity index (χ1) is 13.1. The number of nitrogens with zero attached hydrogens (tertiary/aromatic N) is 2. The van der Waals surface area contributed by atoms with Crippen LogP contribution in [-0.2, 0) is 43.7 Å². The Bertz CT molecular complexity index is 756. The molecule has 2 heterocycles. The maximum atomic E-state index is 12.1. The molecule has 2 fully saturated rings. The maximum Gasteiger partial charge on any atom is 0.422 e. The summed E-state index contributed by atoms with van der Waals surface area (Å²) in [5.41, 5.74) is 0. The zero-order valence-corrected chi connectivity index (χ0v) is 15.7. The third-order valence-corrected chi connectivity index (χ3v) is 5.53. The van der Waals surface area contributed by atoms with E-state index in [0.717, 1.165) is 4.31 Å². The minimum atomic E-state index is -4.24. The number of carbonyl (C=O) groups excluding carboxylic acids is 5. The van der Waals surface area contributed by atoms with Gasteiger partial charge in [0.25, 0.3) is 11.8 Å². The second-order valence-corrected chi connectivity index (χ2v) is 7.60. The van der Waals surface area contributed by atoms with Gasteiger partial charge in [0, 0.05) is 25.9 Å². The van der Waals surface area contributed by atoms with E-state index < -0.39 is 52.6 Å². The molecule has 0 radical (unpaired) electrons. The molecule has 0 spiro atoms. The average molecular weight is 421 g/mol. The van der Waals surface area contributed by atoms with Gasteiger partial charge < -0.3 is 14.3 Å². The highest BCUT2D eigenvalue weighted by Gasteiger charge is 2.34. The van der Waals surface area contributed by atoms with Crippen molar-refractivity contribution in [1.82, 2.24) is 14.1 Å². The lowest BCUT2D eigenvalue weighted by Gasteiger charge is -2.29. The summed E-state index contributed by atoms with van der Waals surface area (Å²) in [7, 11) is -3.00. The molecule has 0 aromatic carbocycles. The molecule has 28 heavy (non-hydrogen) atoms. The van der Waals surface area contributed by atoms with Crippen LogP contribution in [-0.4, -0.2) is 74.4 Å². The van der Waals surface area contributed by atoms with Gasteiger partial charge in [-0.25, -0.2) is 14.3 Å². The molecule has 0 bridgehead atoms. The molecule has 14 heteroatoms. The Morgan fingerprint density at radius 3 is 2.21 bits per heavy atom. The highest BCUT2D eigenvalue weighted by atomic mass is 32.2. The fourth-order valence-corrected chi connectivity index (χ4v) is 3.70. The van der Waals surface area contributed by atoms with E-state index in [-0.39, 0.29) is 43.8 Å². The van der Waals surface area contributed by atoms with Gasteiger partial charge in [0.2, 0.25) is 0 Å². The minimum absolute atomic E-state index is 0.0103. The van der Waals surface area contributed by atoms with Crippen molar-refractivity contribution in [1.29, 1.82) is 0 Å². The van der Waals surface area contributed by atoms with Crippen LogP contribution in [0.3, 0.4) is 0 Å². The molecule has 0 aromatic rings. The number of hydroxylamine groups is 2. The van der Waals surface area contributed by atoms with Crippen LogP contribution in [0.15, 0.2) is 0 Å². The van der Waals surface area contributed by atoms with Crippen molar-refractivity contribution in [3.8, 4) is 0 Å². The van der Waals surface area contributed by atoms with E-state index in [9.17, 15) is 32.4 Å². The van der Waals surface area contributed by atoms with Crippen molar-refractivity contribution in [3.05, 3.63) is 0 Å². The number of hydrogen-bond acceptors (Lipinski definition) is 10. The molecular formula is C14H19N3O10S. The topological polar surface area (TPSA) is 166 Å². The summed E-state index contributed by atoms with van der Waals surface area (Å²) in [4.78, 5) is 61.6. The van der Waals surface area contributed by atoms with E-state index in [0.29, 0.717) is 0 Å². The Hall–Kier alpha value is -2.74. The lowest BCUT2D eigenvalue weighted by Crippen LogP contribution is -2.48. The molecule has 13 nitrogen and oxygen atoms in total. The van der Waals surface area contributed by atoms with Crippen molar-refractivity contribution < 1.29 is 46.7 Å². The van der Waals surface area contributed by atoms with Crippen LogP contribution in [0.1, 0.15) is 25.7 Å². The second-order valence-electron chi connectivity index (χ2n) is 5.92. The number of nitrogens with one attached hydrogen (secondary N) is 1. The molecule has 0 aromatic heterocycles. The summed E-state index contributed by atoms with van der Waals surface area (Å²) in [6.07, 6.45) is -1.18.